The highest BCUT2D eigenvalue weighted by molar-refractivity contribution is 7.89. The van der Waals surface area contributed by atoms with E-state index in [1.807, 2.05) is 24.3 Å². The monoisotopic (exact) mass is 346 g/mol. The summed E-state index contributed by atoms with van der Waals surface area (Å²) < 4.78 is 32.0. The van der Waals surface area contributed by atoms with Crippen LogP contribution in [0, 0.1) is 6.92 Å². The minimum atomic E-state index is -3.58. The number of sulfonamides is 1. The SMILES string of the molecule is CNS(=O)(=O)c1cc(NC(=O)C2Cc3ccccc3O2)ccc1C. The van der Waals surface area contributed by atoms with E-state index in [4.69, 9.17) is 4.74 Å². The lowest BCUT2D eigenvalue weighted by atomic mass is 10.1. The first-order chi connectivity index (χ1) is 11.4. The predicted molar refractivity (Wildman–Crippen MR) is 90.6 cm³/mol. The standard InChI is InChI=1S/C17H18N2O4S/c1-11-7-8-13(10-16(11)24(21,22)18-2)19-17(20)15-9-12-5-3-4-6-14(12)23-15/h3-8,10,15,18H,9H2,1-2H3,(H,19,20). The van der Waals surface area contributed by atoms with Crippen LogP contribution in [0.3, 0.4) is 0 Å². The van der Waals surface area contributed by atoms with Crippen LogP contribution in [0.1, 0.15) is 11.1 Å². The molecule has 1 aliphatic heterocycles. The second kappa shape index (κ2) is 6.26. The minimum Gasteiger partial charge on any atom is -0.480 e. The maximum atomic E-state index is 12.4. The fraction of sp³-hybridized carbons (Fsp3) is 0.235. The third-order valence-corrected chi connectivity index (χ3v) is 5.51. The molecule has 0 aromatic heterocycles. The van der Waals surface area contributed by atoms with E-state index >= 15 is 0 Å². The molecular formula is C17H18N2O4S. The van der Waals surface area contributed by atoms with Crippen molar-refractivity contribution in [2.45, 2.75) is 24.3 Å². The molecule has 0 saturated carbocycles. The third kappa shape index (κ3) is 3.13. The summed E-state index contributed by atoms with van der Waals surface area (Å²) in [6.45, 7) is 1.70. The number of ether oxygens (including phenoxy) is 1. The zero-order valence-corrected chi connectivity index (χ0v) is 14.2. The topological polar surface area (TPSA) is 84.5 Å². The number of amides is 1. The second-order valence-corrected chi connectivity index (χ2v) is 7.45. The quantitative estimate of drug-likeness (QED) is 0.885. The summed E-state index contributed by atoms with van der Waals surface area (Å²) in [5, 5.41) is 2.73. The summed E-state index contributed by atoms with van der Waals surface area (Å²) in [4.78, 5) is 12.5. The highest BCUT2D eigenvalue weighted by Gasteiger charge is 2.29. The Bertz CT molecular complexity index is 868. The summed E-state index contributed by atoms with van der Waals surface area (Å²) >= 11 is 0. The van der Waals surface area contributed by atoms with Crippen molar-refractivity contribution in [1.82, 2.24) is 4.72 Å². The zero-order chi connectivity index (χ0) is 17.3. The molecule has 126 valence electrons. The van der Waals surface area contributed by atoms with E-state index in [2.05, 4.69) is 10.0 Å². The van der Waals surface area contributed by atoms with Gasteiger partial charge in [-0.15, -0.1) is 0 Å². The Balaban J connectivity index is 1.78. The number of carbonyl (C=O) groups is 1. The Morgan fingerprint density at radius 3 is 2.67 bits per heavy atom. The van der Waals surface area contributed by atoms with E-state index in [0.717, 1.165) is 5.56 Å². The van der Waals surface area contributed by atoms with Gasteiger partial charge in [-0.2, -0.15) is 0 Å². The maximum absolute atomic E-state index is 12.4. The van der Waals surface area contributed by atoms with Gasteiger partial charge in [-0.1, -0.05) is 24.3 Å². The molecule has 1 unspecified atom stereocenters. The number of fused-ring (bicyclic) bond motifs is 1. The molecule has 2 aromatic carbocycles. The van der Waals surface area contributed by atoms with Crippen molar-refractivity contribution in [3.63, 3.8) is 0 Å². The Kier molecular flexibility index (Phi) is 4.29. The van der Waals surface area contributed by atoms with Crippen LogP contribution >= 0.6 is 0 Å². The van der Waals surface area contributed by atoms with Crippen molar-refractivity contribution >= 4 is 21.6 Å². The van der Waals surface area contributed by atoms with Gasteiger partial charge in [0.1, 0.15) is 5.75 Å². The number of benzene rings is 2. The number of rotatable bonds is 4. The minimum absolute atomic E-state index is 0.137. The molecule has 2 N–H and O–H groups in total. The summed E-state index contributed by atoms with van der Waals surface area (Å²) in [5.41, 5.74) is 2.01. The number of nitrogens with one attached hydrogen (secondary N) is 2. The summed E-state index contributed by atoms with van der Waals surface area (Å²) in [6.07, 6.45) is -0.122. The molecule has 1 aliphatic rings. The van der Waals surface area contributed by atoms with E-state index in [1.54, 1.807) is 19.1 Å². The maximum Gasteiger partial charge on any atom is 0.265 e. The van der Waals surface area contributed by atoms with Crippen LogP contribution in [-0.4, -0.2) is 27.5 Å². The van der Waals surface area contributed by atoms with Gasteiger partial charge in [0, 0.05) is 12.1 Å². The van der Waals surface area contributed by atoms with E-state index < -0.39 is 16.1 Å². The Morgan fingerprint density at radius 2 is 1.96 bits per heavy atom. The molecule has 0 spiro atoms. The van der Waals surface area contributed by atoms with Crippen LogP contribution in [0.2, 0.25) is 0 Å². The van der Waals surface area contributed by atoms with E-state index in [9.17, 15) is 13.2 Å². The molecule has 0 bridgehead atoms. The molecule has 0 aliphatic carbocycles. The first-order valence-corrected chi connectivity index (χ1v) is 8.98. The van der Waals surface area contributed by atoms with Crippen molar-refractivity contribution < 1.29 is 17.9 Å². The number of carbonyl (C=O) groups excluding carboxylic acids is 1. The van der Waals surface area contributed by atoms with Gasteiger partial charge in [-0.05, 0) is 43.3 Å². The van der Waals surface area contributed by atoms with Crippen LogP contribution < -0.4 is 14.8 Å². The molecule has 7 heteroatoms. The molecule has 24 heavy (non-hydrogen) atoms. The van der Waals surface area contributed by atoms with Gasteiger partial charge in [-0.25, -0.2) is 13.1 Å². The number of anilines is 1. The fourth-order valence-electron chi connectivity index (χ4n) is 2.63. The lowest BCUT2D eigenvalue weighted by Crippen LogP contribution is -2.31. The molecular weight excluding hydrogens is 328 g/mol. The van der Waals surface area contributed by atoms with E-state index in [1.165, 1.54) is 13.1 Å². The predicted octanol–water partition coefficient (Wildman–Crippen LogP) is 1.85. The number of aryl methyl sites for hydroxylation is 1. The van der Waals surface area contributed by atoms with Crippen molar-refractivity contribution in [3.8, 4) is 5.75 Å². The first kappa shape index (κ1) is 16.5. The number of hydrogen-bond acceptors (Lipinski definition) is 4. The lowest BCUT2D eigenvalue weighted by Gasteiger charge is -2.13. The van der Waals surface area contributed by atoms with Crippen molar-refractivity contribution in [1.29, 1.82) is 0 Å². The van der Waals surface area contributed by atoms with Crippen molar-refractivity contribution in [3.05, 3.63) is 53.6 Å². The molecule has 0 fully saturated rings. The Labute approximate surface area is 140 Å². The van der Waals surface area contributed by atoms with Gasteiger partial charge in [-0.3, -0.25) is 4.79 Å². The van der Waals surface area contributed by atoms with Crippen LogP contribution in [0.25, 0.3) is 0 Å². The zero-order valence-electron chi connectivity index (χ0n) is 13.4. The molecule has 1 amide bonds. The molecule has 6 nitrogen and oxygen atoms in total. The lowest BCUT2D eigenvalue weighted by molar-refractivity contribution is -0.122. The molecule has 3 rings (SSSR count). The molecule has 2 aromatic rings. The third-order valence-electron chi connectivity index (χ3n) is 3.95. The molecule has 1 heterocycles. The Morgan fingerprint density at radius 1 is 1.21 bits per heavy atom. The fourth-order valence-corrected chi connectivity index (χ4v) is 3.62. The second-order valence-electron chi connectivity index (χ2n) is 5.60. The highest BCUT2D eigenvalue weighted by atomic mass is 32.2. The van der Waals surface area contributed by atoms with Crippen LogP contribution in [-0.2, 0) is 21.2 Å². The smallest absolute Gasteiger partial charge is 0.265 e. The van der Waals surface area contributed by atoms with Crippen LogP contribution in [0.15, 0.2) is 47.4 Å². The van der Waals surface area contributed by atoms with Gasteiger partial charge in [0.05, 0.1) is 4.90 Å². The van der Waals surface area contributed by atoms with Crippen molar-refractivity contribution in [2.24, 2.45) is 0 Å². The summed E-state index contributed by atoms with van der Waals surface area (Å²) in [6, 6.07) is 12.3. The van der Waals surface area contributed by atoms with Crippen molar-refractivity contribution in [2.75, 3.05) is 12.4 Å². The van der Waals surface area contributed by atoms with Gasteiger partial charge in [0.15, 0.2) is 6.10 Å². The summed E-state index contributed by atoms with van der Waals surface area (Å²) in [5.74, 6) is 0.405. The summed E-state index contributed by atoms with van der Waals surface area (Å²) in [7, 11) is -2.23. The number of para-hydroxylation sites is 1. The van der Waals surface area contributed by atoms with Crippen LogP contribution in [0.5, 0.6) is 5.75 Å². The largest absolute Gasteiger partial charge is 0.480 e. The van der Waals surface area contributed by atoms with E-state index in [0.29, 0.717) is 23.4 Å². The van der Waals surface area contributed by atoms with Gasteiger partial charge < -0.3 is 10.1 Å². The number of hydrogen-bond donors (Lipinski definition) is 2. The van der Waals surface area contributed by atoms with Gasteiger partial charge >= 0.3 is 0 Å². The average Bonchev–Trinajstić information content (AvgIpc) is 3.00. The first-order valence-electron chi connectivity index (χ1n) is 7.50. The highest BCUT2D eigenvalue weighted by Crippen LogP contribution is 2.29. The van der Waals surface area contributed by atoms with Gasteiger partial charge in [0.2, 0.25) is 10.0 Å². The van der Waals surface area contributed by atoms with Crippen LogP contribution in [0.4, 0.5) is 5.69 Å². The molecule has 0 radical (unpaired) electrons. The Hall–Kier alpha value is -2.38. The van der Waals surface area contributed by atoms with Gasteiger partial charge in [0.25, 0.3) is 5.91 Å². The average molecular weight is 346 g/mol. The molecule has 0 saturated heterocycles. The normalized spacial score (nSPS) is 16.3. The molecule has 1 atom stereocenters. The van der Waals surface area contributed by atoms with E-state index in [-0.39, 0.29) is 10.8 Å².